The maximum Gasteiger partial charge on any atom is 0.410 e. The number of benzene rings is 1. The molecule has 134 valence electrons. The molecule has 1 aliphatic rings. The van der Waals surface area contributed by atoms with Crippen LogP contribution in [-0.4, -0.2) is 45.1 Å². The van der Waals surface area contributed by atoms with Crippen LogP contribution in [0, 0.1) is 5.92 Å². The van der Waals surface area contributed by atoms with Gasteiger partial charge in [-0.3, -0.25) is 4.79 Å². The quantitative estimate of drug-likeness (QED) is 0.861. The molecule has 1 aromatic carbocycles. The van der Waals surface area contributed by atoms with E-state index in [9.17, 15) is 14.4 Å². The molecule has 1 saturated heterocycles. The Morgan fingerprint density at radius 3 is 2.68 bits per heavy atom. The van der Waals surface area contributed by atoms with Crippen molar-refractivity contribution in [2.24, 2.45) is 5.92 Å². The largest absolute Gasteiger partial charge is 0.444 e. The van der Waals surface area contributed by atoms with E-state index >= 15 is 0 Å². The lowest BCUT2D eigenvalue weighted by Gasteiger charge is -2.33. The first-order valence-electron chi connectivity index (χ1n) is 8.48. The fourth-order valence-electron chi connectivity index (χ4n) is 3.13. The summed E-state index contributed by atoms with van der Waals surface area (Å²) >= 11 is 0. The number of H-pyrrole nitrogens is 1. The first-order valence-corrected chi connectivity index (χ1v) is 8.48. The number of aromatic nitrogens is 2. The number of ether oxygens (including phenoxy) is 1. The number of amides is 1. The van der Waals surface area contributed by atoms with Crippen molar-refractivity contribution in [1.29, 1.82) is 0 Å². The zero-order chi connectivity index (χ0) is 18.2. The summed E-state index contributed by atoms with van der Waals surface area (Å²) in [6.07, 6.45) is 0.924. The highest BCUT2D eigenvalue weighted by atomic mass is 16.6. The standard InChI is InChI=1S/C18H23N3O4/c1-18(2,3)25-17(24)20-10-6-7-12(11-20)15(22)21-14-9-5-4-8-13(14)19-16(21)23/h4-5,8-9,12H,6-7,10-11H2,1-3H3,(H,19,23)/t12-/m0/s1. The lowest BCUT2D eigenvalue weighted by molar-refractivity contribution is 0.0165. The van der Waals surface area contributed by atoms with Crippen molar-refractivity contribution < 1.29 is 14.3 Å². The van der Waals surface area contributed by atoms with Gasteiger partial charge in [0.2, 0.25) is 5.91 Å². The van der Waals surface area contributed by atoms with Crippen LogP contribution >= 0.6 is 0 Å². The van der Waals surface area contributed by atoms with Crippen LogP contribution in [-0.2, 0) is 4.74 Å². The number of hydrogen-bond donors (Lipinski definition) is 1. The van der Waals surface area contributed by atoms with Crippen LogP contribution in [0.5, 0.6) is 0 Å². The second-order valence-corrected chi connectivity index (χ2v) is 7.39. The van der Waals surface area contributed by atoms with E-state index in [-0.39, 0.29) is 12.5 Å². The second-order valence-electron chi connectivity index (χ2n) is 7.39. The molecule has 0 unspecified atom stereocenters. The van der Waals surface area contributed by atoms with E-state index in [1.165, 1.54) is 4.57 Å². The minimum Gasteiger partial charge on any atom is -0.444 e. The van der Waals surface area contributed by atoms with E-state index < -0.39 is 23.3 Å². The van der Waals surface area contributed by atoms with Crippen LogP contribution in [0.15, 0.2) is 29.1 Å². The van der Waals surface area contributed by atoms with Crippen molar-refractivity contribution in [3.8, 4) is 0 Å². The highest BCUT2D eigenvalue weighted by Crippen LogP contribution is 2.22. The number of fused-ring (bicyclic) bond motifs is 1. The Hall–Kier alpha value is -2.57. The van der Waals surface area contributed by atoms with E-state index in [2.05, 4.69) is 4.98 Å². The average Bonchev–Trinajstić information content (AvgIpc) is 2.88. The van der Waals surface area contributed by atoms with Gasteiger partial charge in [-0.2, -0.15) is 0 Å². The molecule has 1 aromatic heterocycles. The number of nitrogens with one attached hydrogen (secondary N) is 1. The van der Waals surface area contributed by atoms with E-state index in [4.69, 9.17) is 4.74 Å². The van der Waals surface area contributed by atoms with Gasteiger partial charge in [0.15, 0.2) is 0 Å². The lowest BCUT2D eigenvalue weighted by atomic mass is 9.97. The van der Waals surface area contributed by atoms with Crippen molar-refractivity contribution in [2.75, 3.05) is 13.1 Å². The summed E-state index contributed by atoms with van der Waals surface area (Å²) in [7, 11) is 0. The Labute approximate surface area is 145 Å². The van der Waals surface area contributed by atoms with Gasteiger partial charge in [-0.1, -0.05) is 12.1 Å². The zero-order valence-electron chi connectivity index (χ0n) is 14.7. The van der Waals surface area contributed by atoms with Gasteiger partial charge >= 0.3 is 11.8 Å². The first kappa shape index (κ1) is 17.3. The predicted octanol–water partition coefficient (Wildman–Crippen LogP) is 2.62. The number of carbonyl (C=O) groups excluding carboxylic acids is 2. The van der Waals surface area contributed by atoms with Crippen LogP contribution in [0.3, 0.4) is 0 Å². The molecular weight excluding hydrogens is 322 g/mol. The molecule has 7 heteroatoms. The minimum atomic E-state index is -0.582. The number of nitrogens with zero attached hydrogens (tertiary/aromatic N) is 2. The van der Waals surface area contributed by atoms with Crippen LogP contribution in [0.1, 0.15) is 38.4 Å². The number of para-hydroxylation sites is 2. The molecule has 1 amide bonds. The summed E-state index contributed by atoms with van der Waals surface area (Å²) in [5, 5.41) is 0. The van der Waals surface area contributed by atoms with Gasteiger partial charge in [0.05, 0.1) is 17.0 Å². The van der Waals surface area contributed by atoms with Crippen LogP contribution in [0.25, 0.3) is 11.0 Å². The summed E-state index contributed by atoms with van der Waals surface area (Å²) in [6.45, 7) is 6.25. The molecule has 0 aliphatic carbocycles. The molecule has 0 bridgehead atoms. The maximum atomic E-state index is 12.9. The fourth-order valence-corrected chi connectivity index (χ4v) is 3.13. The zero-order valence-corrected chi connectivity index (χ0v) is 14.7. The number of imidazole rings is 1. The summed E-state index contributed by atoms with van der Waals surface area (Å²) in [5.74, 6) is -0.700. The number of hydrogen-bond acceptors (Lipinski definition) is 4. The van der Waals surface area contributed by atoms with E-state index in [0.717, 1.165) is 0 Å². The molecule has 25 heavy (non-hydrogen) atoms. The Morgan fingerprint density at radius 1 is 1.24 bits per heavy atom. The Balaban J connectivity index is 1.81. The molecule has 1 atom stereocenters. The van der Waals surface area contributed by atoms with Crippen molar-refractivity contribution in [1.82, 2.24) is 14.5 Å². The SMILES string of the molecule is CC(C)(C)OC(=O)N1CCC[C@H](C(=O)n2c(=O)[nH]c3ccccc32)C1. The van der Waals surface area contributed by atoms with Gasteiger partial charge in [0, 0.05) is 13.1 Å². The number of piperidine rings is 1. The third kappa shape index (κ3) is 3.60. The number of carbonyl (C=O) groups is 2. The summed E-state index contributed by atoms with van der Waals surface area (Å²) in [5.41, 5.74) is 0.162. The topological polar surface area (TPSA) is 84.4 Å². The van der Waals surface area contributed by atoms with Crippen LogP contribution in [0.2, 0.25) is 0 Å². The van der Waals surface area contributed by atoms with Gasteiger partial charge in [0.1, 0.15) is 5.60 Å². The monoisotopic (exact) mass is 345 g/mol. The third-order valence-electron chi connectivity index (χ3n) is 4.23. The smallest absolute Gasteiger partial charge is 0.410 e. The predicted molar refractivity (Wildman–Crippen MR) is 93.7 cm³/mol. The van der Waals surface area contributed by atoms with Crippen molar-refractivity contribution in [3.05, 3.63) is 34.7 Å². The molecule has 2 aromatic rings. The normalized spacial score (nSPS) is 18.4. The van der Waals surface area contributed by atoms with Gasteiger partial charge < -0.3 is 14.6 Å². The maximum absolute atomic E-state index is 12.9. The molecule has 1 N–H and O–H groups in total. The minimum absolute atomic E-state index is 0.264. The molecule has 0 saturated carbocycles. The fraction of sp³-hybridized carbons (Fsp3) is 0.500. The molecule has 2 heterocycles. The number of rotatable bonds is 1. The van der Waals surface area contributed by atoms with Gasteiger partial charge in [0.25, 0.3) is 0 Å². The number of likely N-dealkylation sites (tertiary alicyclic amines) is 1. The molecule has 0 spiro atoms. The molecule has 7 nitrogen and oxygen atoms in total. The number of aromatic amines is 1. The molecule has 1 fully saturated rings. The van der Waals surface area contributed by atoms with E-state index in [1.54, 1.807) is 29.2 Å². The summed E-state index contributed by atoms with van der Waals surface area (Å²) in [4.78, 5) is 41.6. The van der Waals surface area contributed by atoms with Crippen LogP contribution in [0.4, 0.5) is 4.79 Å². The molecule has 3 rings (SSSR count). The van der Waals surface area contributed by atoms with Gasteiger partial charge in [-0.25, -0.2) is 14.2 Å². The average molecular weight is 345 g/mol. The first-order chi connectivity index (χ1) is 11.8. The Morgan fingerprint density at radius 2 is 1.96 bits per heavy atom. The van der Waals surface area contributed by atoms with Crippen molar-refractivity contribution in [2.45, 2.75) is 39.2 Å². The molecular formula is C18H23N3O4. The Bertz CT molecular complexity index is 859. The molecule has 1 aliphatic heterocycles. The highest BCUT2D eigenvalue weighted by Gasteiger charge is 2.32. The highest BCUT2D eigenvalue weighted by molar-refractivity contribution is 5.91. The second kappa shape index (κ2) is 6.38. The summed E-state index contributed by atoms with van der Waals surface area (Å²) in [6, 6.07) is 7.08. The Kier molecular flexibility index (Phi) is 4.41. The van der Waals surface area contributed by atoms with Crippen molar-refractivity contribution in [3.63, 3.8) is 0 Å². The third-order valence-corrected chi connectivity index (χ3v) is 4.23. The van der Waals surface area contributed by atoms with Gasteiger partial charge in [-0.15, -0.1) is 0 Å². The van der Waals surface area contributed by atoms with E-state index in [1.807, 2.05) is 20.8 Å². The summed E-state index contributed by atoms with van der Waals surface area (Å²) < 4.78 is 6.57. The van der Waals surface area contributed by atoms with Crippen LogP contribution < -0.4 is 5.69 Å². The molecule has 0 radical (unpaired) electrons. The van der Waals surface area contributed by atoms with E-state index in [0.29, 0.717) is 30.4 Å². The lowest BCUT2D eigenvalue weighted by Crippen LogP contribution is -2.46. The van der Waals surface area contributed by atoms with Crippen molar-refractivity contribution >= 4 is 23.0 Å². The van der Waals surface area contributed by atoms with Gasteiger partial charge in [-0.05, 0) is 45.7 Å².